The van der Waals surface area contributed by atoms with E-state index in [0.29, 0.717) is 5.75 Å². The predicted molar refractivity (Wildman–Crippen MR) is 97.6 cm³/mol. The molecule has 1 amide bonds. The van der Waals surface area contributed by atoms with Crippen LogP contribution in [0.4, 0.5) is 0 Å². The van der Waals surface area contributed by atoms with E-state index in [9.17, 15) is 4.79 Å². The third-order valence-electron chi connectivity index (χ3n) is 3.63. The Kier molecular flexibility index (Phi) is 5.74. The zero-order chi connectivity index (χ0) is 17.6. The van der Waals surface area contributed by atoms with Crippen LogP contribution in [0.15, 0.2) is 53.6 Å². The minimum atomic E-state index is -0.291. The van der Waals surface area contributed by atoms with E-state index < -0.39 is 0 Å². The number of hydrogen-bond donors (Lipinski definition) is 1. The lowest BCUT2D eigenvalue weighted by Gasteiger charge is -2.18. The molecule has 1 N–H and O–H groups in total. The molecule has 2 rings (SSSR count). The number of hydrogen-bond acceptors (Lipinski definition) is 3. The molecule has 126 valence electrons. The minimum Gasteiger partial charge on any atom is -0.483 e. The molecule has 0 radical (unpaired) electrons. The smallest absolute Gasteiger partial charge is 0.277 e. The highest BCUT2D eigenvalue weighted by molar-refractivity contribution is 5.83. The van der Waals surface area contributed by atoms with Crippen LogP contribution in [0.2, 0.25) is 0 Å². The number of aryl methyl sites for hydroxylation is 1. The SMILES string of the molecule is Cc1ccccc1OCC(=O)N/N=C/c1ccc(C(C)(C)C)cc1. The van der Waals surface area contributed by atoms with Gasteiger partial charge in [-0.15, -0.1) is 0 Å². The van der Waals surface area contributed by atoms with Gasteiger partial charge in [0.1, 0.15) is 5.75 Å². The lowest BCUT2D eigenvalue weighted by Crippen LogP contribution is -2.24. The van der Waals surface area contributed by atoms with Crippen LogP contribution in [0.25, 0.3) is 0 Å². The Bertz CT molecular complexity index is 713. The number of nitrogens with zero attached hydrogens (tertiary/aromatic N) is 1. The van der Waals surface area contributed by atoms with Gasteiger partial charge in [0.15, 0.2) is 6.61 Å². The molecular formula is C20H24N2O2. The maximum Gasteiger partial charge on any atom is 0.277 e. The molecule has 0 bridgehead atoms. The highest BCUT2D eigenvalue weighted by Gasteiger charge is 2.12. The number of nitrogens with one attached hydrogen (secondary N) is 1. The molecule has 24 heavy (non-hydrogen) atoms. The van der Waals surface area contributed by atoms with Gasteiger partial charge in [-0.2, -0.15) is 5.10 Å². The number of carbonyl (C=O) groups excluding carboxylic acids is 1. The summed E-state index contributed by atoms with van der Waals surface area (Å²) < 4.78 is 5.47. The molecule has 4 nitrogen and oxygen atoms in total. The van der Waals surface area contributed by atoms with Gasteiger partial charge in [-0.1, -0.05) is 63.2 Å². The van der Waals surface area contributed by atoms with Crippen molar-refractivity contribution in [3.63, 3.8) is 0 Å². The maximum atomic E-state index is 11.8. The Hall–Kier alpha value is -2.62. The summed E-state index contributed by atoms with van der Waals surface area (Å²) in [4.78, 5) is 11.8. The standard InChI is InChI=1S/C20H24N2O2/c1-15-7-5-6-8-18(15)24-14-19(23)22-21-13-16-9-11-17(12-10-16)20(2,3)4/h5-13H,14H2,1-4H3,(H,22,23)/b21-13+. The van der Waals surface area contributed by atoms with E-state index >= 15 is 0 Å². The molecule has 0 heterocycles. The average Bonchev–Trinajstić information content (AvgIpc) is 2.54. The van der Waals surface area contributed by atoms with E-state index in [4.69, 9.17) is 4.74 Å². The van der Waals surface area contributed by atoms with E-state index in [0.717, 1.165) is 11.1 Å². The molecule has 0 unspecified atom stereocenters. The van der Waals surface area contributed by atoms with Crippen LogP contribution in [0.5, 0.6) is 5.75 Å². The summed E-state index contributed by atoms with van der Waals surface area (Å²) in [7, 11) is 0. The van der Waals surface area contributed by atoms with E-state index in [1.807, 2.05) is 43.3 Å². The van der Waals surface area contributed by atoms with Crippen LogP contribution < -0.4 is 10.2 Å². The largest absolute Gasteiger partial charge is 0.483 e. The maximum absolute atomic E-state index is 11.8. The fourth-order valence-corrected chi connectivity index (χ4v) is 2.14. The second kappa shape index (κ2) is 7.77. The summed E-state index contributed by atoms with van der Waals surface area (Å²) in [6.45, 7) is 8.39. The molecule has 0 aliphatic heterocycles. The lowest BCUT2D eigenvalue weighted by atomic mass is 9.87. The van der Waals surface area contributed by atoms with E-state index in [1.165, 1.54) is 5.56 Å². The molecule has 0 aliphatic carbocycles. The third-order valence-corrected chi connectivity index (χ3v) is 3.63. The van der Waals surface area contributed by atoms with Crippen molar-refractivity contribution in [2.75, 3.05) is 6.61 Å². The second-order valence-electron chi connectivity index (χ2n) is 6.72. The van der Waals surface area contributed by atoms with Gasteiger partial charge >= 0.3 is 0 Å². The molecule has 4 heteroatoms. The van der Waals surface area contributed by atoms with Crippen molar-refractivity contribution in [2.24, 2.45) is 5.10 Å². The monoisotopic (exact) mass is 324 g/mol. The van der Waals surface area contributed by atoms with Gasteiger partial charge in [0.25, 0.3) is 5.91 Å². The molecular weight excluding hydrogens is 300 g/mol. The number of para-hydroxylation sites is 1. The summed E-state index contributed by atoms with van der Waals surface area (Å²) in [5, 5.41) is 3.96. The van der Waals surface area contributed by atoms with E-state index in [1.54, 1.807) is 6.21 Å². The van der Waals surface area contributed by atoms with Gasteiger partial charge in [-0.05, 0) is 35.1 Å². The number of rotatable bonds is 5. The first kappa shape index (κ1) is 17.7. The summed E-state index contributed by atoms with van der Waals surface area (Å²) in [6.07, 6.45) is 1.62. The van der Waals surface area contributed by atoms with Crippen molar-refractivity contribution in [3.8, 4) is 5.75 Å². The van der Waals surface area contributed by atoms with Crippen molar-refractivity contribution >= 4 is 12.1 Å². The molecule has 0 spiro atoms. The molecule has 2 aromatic rings. The van der Waals surface area contributed by atoms with Crippen LogP contribution in [0, 0.1) is 6.92 Å². The third kappa shape index (κ3) is 5.23. The molecule has 0 saturated heterocycles. The van der Waals surface area contributed by atoms with Gasteiger partial charge in [0.05, 0.1) is 6.21 Å². The first-order chi connectivity index (χ1) is 11.4. The van der Waals surface area contributed by atoms with Gasteiger partial charge in [0.2, 0.25) is 0 Å². The summed E-state index contributed by atoms with van der Waals surface area (Å²) in [5.74, 6) is 0.412. The molecule has 0 atom stereocenters. The minimum absolute atomic E-state index is 0.0643. The van der Waals surface area contributed by atoms with Crippen molar-refractivity contribution in [1.29, 1.82) is 0 Å². The summed E-state index contributed by atoms with van der Waals surface area (Å²) >= 11 is 0. The number of carbonyl (C=O) groups is 1. The van der Waals surface area contributed by atoms with Crippen molar-refractivity contribution < 1.29 is 9.53 Å². The molecule has 2 aromatic carbocycles. The Morgan fingerprint density at radius 1 is 1.12 bits per heavy atom. The van der Waals surface area contributed by atoms with Crippen molar-refractivity contribution in [2.45, 2.75) is 33.1 Å². The molecule has 0 aliphatic rings. The predicted octanol–water partition coefficient (Wildman–Crippen LogP) is 3.82. The van der Waals surface area contributed by atoms with Crippen molar-refractivity contribution in [1.82, 2.24) is 5.43 Å². The van der Waals surface area contributed by atoms with Crippen LogP contribution in [-0.2, 0) is 10.2 Å². The summed E-state index contributed by atoms with van der Waals surface area (Å²) in [5.41, 5.74) is 5.78. The number of ether oxygens (including phenoxy) is 1. The Labute approximate surface area is 143 Å². The fraction of sp³-hybridized carbons (Fsp3) is 0.300. The molecule has 0 aromatic heterocycles. The van der Waals surface area contributed by atoms with Crippen LogP contribution >= 0.6 is 0 Å². The van der Waals surface area contributed by atoms with E-state index in [2.05, 4.69) is 43.4 Å². The fourth-order valence-electron chi connectivity index (χ4n) is 2.14. The highest BCUT2D eigenvalue weighted by atomic mass is 16.5. The van der Waals surface area contributed by atoms with Gasteiger partial charge in [-0.3, -0.25) is 4.79 Å². The molecule has 0 fully saturated rings. The van der Waals surface area contributed by atoms with Gasteiger partial charge < -0.3 is 4.74 Å². The second-order valence-corrected chi connectivity index (χ2v) is 6.72. The lowest BCUT2D eigenvalue weighted by molar-refractivity contribution is -0.123. The van der Waals surface area contributed by atoms with E-state index in [-0.39, 0.29) is 17.9 Å². The van der Waals surface area contributed by atoms with Crippen LogP contribution in [0.1, 0.15) is 37.5 Å². The zero-order valence-electron chi connectivity index (χ0n) is 14.7. The first-order valence-corrected chi connectivity index (χ1v) is 7.97. The van der Waals surface area contributed by atoms with Crippen molar-refractivity contribution in [3.05, 3.63) is 65.2 Å². The molecule has 0 saturated carbocycles. The highest BCUT2D eigenvalue weighted by Crippen LogP contribution is 2.21. The average molecular weight is 324 g/mol. The van der Waals surface area contributed by atoms with Crippen LogP contribution in [-0.4, -0.2) is 18.7 Å². The Morgan fingerprint density at radius 3 is 2.42 bits per heavy atom. The Morgan fingerprint density at radius 2 is 1.79 bits per heavy atom. The quantitative estimate of drug-likeness (QED) is 0.671. The number of hydrazone groups is 1. The number of amides is 1. The first-order valence-electron chi connectivity index (χ1n) is 7.97. The Balaban J connectivity index is 1.83. The topological polar surface area (TPSA) is 50.7 Å². The zero-order valence-corrected chi connectivity index (χ0v) is 14.7. The normalized spacial score (nSPS) is 11.5. The summed E-state index contributed by atoms with van der Waals surface area (Å²) in [6, 6.07) is 15.7. The van der Waals surface area contributed by atoms with Gasteiger partial charge in [0, 0.05) is 0 Å². The number of benzene rings is 2. The van der Waals surface area contributed by atoms with Crippen LogP contribution in [0.3, 0.4) is 0 Å². The van der Waals surface area contributed by atoms with Gasteiger partial charge in [-0.25, -0.2) is 5.43 Å².